The predicted molar refractivity (Wildman–Crippen MR) is 233 cm³/mol. The van der Waals surface area contributed by atoms with Gasteiger partial charge in [0.2, 0.25) is 23.8 Å². The van der Waals surface area contributed by atoms with Gasteiger partial charge in [0, 0.05) is 68.5 Å². The zero-order valence-electron chi connectivity index (χ0n) is 40.0. The zero-order chi connectivity index (χ0) is 46.2. The molecule has 2 aromatic heterocycles. The highest BCUT2D eigenvalue weighted by Gasteiger charge is 2.50. The highest BCUT2D eigenvalue weighted by Crippen LogP contribution is 2.42. The first-order valence-electron chi connectivity index (χ1n) is 22.1. The Kier molecular flexibility index (Phi) is 12.5. The average Bonchev–Trinajstić information content (AvgIpc) is 3.09. The minimum absolute atomic E-state index is 0.00775. The summed E-state index contributed by atoms with van der Waals surface area (Å²) in [6.45, 7) is 31.0. The van der Waals surface area contributed by atoms with Crippen molar-refractivity contribution in [3.05, 3.63) is 0 Å². The van der Waals surface area contributed by atoms with E-state index < -0.39 is 44.3 Å². The lowest BCUT2D eigenvalue weighted by Gasteiger charge is -2.50. The van der Waals surface area contributed by atoms with E-state index in [0.29, 0.717) is 51.4 Å². The number of piperidine rings is 4. The normalized spacial score (nSPS) is 27.0. The van der Waals surface area contributed by atoms with Crippen LogP contribution < -0.4 is 21.3 Å². The van der Waals surface area contributed by atoms with Gasteiger partial charge in [-0.1, -0.05) is 0 Å². The van der Waals surface area contributed by atoms with Gasteiger partial charge in [-0.3, -0.25) is 0 Å². The number of hydroxylamine groups is 8. The largest absolute Gasteiger partial charge is 0.351 e. The van der Waals surface area contributed by atoms with E-state index in [4.69, 9.17) is 9.97 Å². The fourth-order valence-electron chi connectivity index (χ4n) is 11.4. The van der Waals surface area contributed by atoms with Gasteiger partial charge in [0.05, 0.1) is 0 Å². The summed E-state index contributed by atoms with van der Waals surface area (Å²) in [5.41, 5.74) is -5.07. The van der Waals surface area contributed by atoms with Gasteiger partial charge in [-0.05, 0) is 162 Å². The van der Waals surface area contributed by atoms with Crippen molar-refractivity contribution in [2.75, 3.05) is 21.3 Å². The van der Waals surface area contributed by atoms with Gasteiger partial charge in [0.15, 0.2) is 0 Å². The quantitative estimate of drug-likeness (QED) is 0.168. The maximum Gasteiger partial charge on any atom is 0.275 e. The van der Waals surface area contributed by atoms with Gasteiger partial charge in [0.25, 0.3) is 11.9 Å². The van der Waals surface area contributed by atoms with E-state index in [-0.39, 0.29) is 59.9 Å². The monoisotopic (exact) mass is 865 g/mol. The molecule has 0 atom stereocenters. The molecule has 4 saturated heterocycles. The Hall–Kier alpha value is -3.50. The summed E-state index contributed by atoms with van der Waals surface area (Å²) in [7, 11) is 0. The molecule has 0 aliphatic carbocycles. The van der Waals surface area contributed by atoms with E-state index in [0.717, 1.165) is 0 Å². The molecule has 20 nitrogen and oxygen atoms in total. The summed E-state index contributed by atoms with van der Waals surface area (Å²) in [6.07, 6.45) is 4.42. The SMILES string of the molecule is CC1(C)CC(Nc2nc(N=Nc3nc(NC4CC(C)(C)N([O])C(C)(C)C4)nc(NC4CC(C)(C)N([O])C(C)(C)C4)n3)nc(NC3CC(C)(C)N([O])C(C)(C)C3)n2)CC(C)(C)N1[O]. The van der Waals surface area contributed by atoms with Gasteiger partial charge < -0.3 is 21.3 Å². The van der Waals surface area contributed by atoms with Crippen LogP contribution in [0.25, 0.3) is 0 Å². The number of hydrogen-bond acceptors (Lipinski definition) is 16. The molecule has 0 aromatic carbocycles. The van der Waals surface area contributed by atoms with Crippen LogP contribution in [-0.2, 0) is 20.8 Å². The number of nitrogens with one attached hydrogen (secondary N) is 4. The lowest BCUT2D eigenvalue weighted by atomic mass is 9.79. The minimum Gasteiger partial charge on any atom is -0.351 e. The van der Waals surface area contributed by atoms with Crippen LogP contribution >= 0.6 is 0 Å². The maximum atomic E-state index is 13.2. The maximum absolute atomic E-state index is 13.2. The molecule has 344 valence electrons. The van der Waals surface area contributed by atoms with Crippen LogP contribution in [0.1, 0.15) is 162 Å². The van der Waals surface area contributed by atoms with Crippen LogP contribution in [0.5, 0.6) is 0 Å². The molecular formula is C42H72N16O4. The summed E-state index contributed by atoms with van der Waals surface area (Å²) >= 11 is 0. The van der Waals surface area contributed by atoms with Gasteiger partial charge in [-0.25, -0.2) is 0 Å². The van der Waals surface area contributed by atoms with Crippen LogP contribution in [0, 0.1) is 0 Å². The van der Waals surface area contributed by atoms with Gasteiger partial charge >= 0.3 is 0 Å². The summed E-state index contributed by atoms with van der Waals surface area (Å²) in [5.74, 6) is 1.03. The van der Waals surface area contributed by atoms with Crippen molar-refractivity contribution in [3.63, 3.8) is 0 Å². The van der Waals surface area contributed by atoms with Crippen molar-refractivity contribution in [2.45, 2.75) is 231 Å². The van der Waals surface area contributed by atoms with E-state index in [1.165, 1.54) is 20.3 Å². The van der Waals surface area contributed by atoms with Gasteiger partial charge in [0.1, 0.15) is 0 Å². The smallest absolute Gasteiger partial charge is 0.275 e. The molecule has 4 aliphatic heterocycles. The first-order valence-corrected chi connectivity index (χ1v) is 22.1. The number of azo groups is 1. The first kappa shape index (κ1) is 48.0. The van der Waals surface area contributed by atoms with Crippen LogP contribution in [0.2, 0.25) is 0 Å². The topological polar surface area (TPSA) is 243 Å². The fourth-order valence-corrected chi connectivity index (χ4v) is 11.4. The molecule has 4 N–H and O–H groups in total. The number of anilines is 4. The molecule has 0 bridgehead atoms. The summed E-state index contributed by atoms with van der Waals surface area (Å²) in [6, 6.07) is -0.539. The van der Waals surface area contributed by atoms with Crippen molar-refractivity contribution in [2.24, 2.45) is 10.2 Å². The molecule has 6 rings (SSSR count). The van der Waals surface area contributed by atoms with Crippen LogP contribution in [0.3, 0.4) is 0 Å². The summed E-state index contributed by atoms with van der Waals surface area (Å²) < 4.78 is 0. The van der Waals surface area contributed by atoms with E-state index >= 15 is 0 Å². The Labute approximate surface area is 368 Å². The van der Waals surface area contributed by atoms with Gasteiger partial charge in [-0.2, -0.15) is 29.9 Å². The number of hydrogen-bond donors (Lipinski definition) is 4. The van der Waals surface area contributed by atoms with Crippen molar-refractivity contribution in [1.82, 2.24) is 50.2 Å². The molecule has 6 heterocycles. The average molecular weight is 865 g/mol. The number of aromatic nitrogens is 6. The van der Waals surface area contributed by atoms with E-state index in [1.54, 1.807) is 0 Å². The third-order valence-electron chi connectivity index (χ3n) is 13.2. The van der Waals surface area contributed by atoms with Crippen LogP contribution in [0.15, 0.2) is 10.2 Å². The summed E-state index contributed by atoms with van der Waals surface area (Å²) in [5, 5.41) is 80.3. The number of rotatable bonds is 10. The van der Waals surface area contributed by atoms with E-state index in [2.05, 4.69) is 51.4 Å². The Morgan fingerprint density at radius 2 is 0.500 bits per heavy atom. The van der Waals surface area contributed by atoms with Crippen LogP contribution in [0.4, 0.5) is 35.7 Å². The van der Waals surface area contributed by atoms with Crippen molar-refractivity contribution in [1.29, 1.82) is 0 Å². The lowest BCUT2D eigenvalue weighted by Crippen LogP contribution is -2.61. The standard InChI is InChI=1S/C42H72N16O4/c1-35(2)17-25(18-36(3,4)55(35)59)43-29-47-30(44-26-19-37(5,6)56(60)38(7,8)20-26)50-33(49-29)53-54-34-51-31(45-27-21-39(9,10)57(61)40(11,12)22-27)48-32(52-34)46-28-23-41(13,14)58(62)42(15,16)24-28/h25-28H,17-24H2,1-16H3,(H2,43,44,47,49,50)(H2,45,46,48,51,52). The molecule has 0 amide bonds. The van der Waals surface area contributed by atoms with E-state index in [9.17, 15) is 20.8 Å². The fraction of sp³-hybridized carbons (Fsp3) is 0.857. The second kappa shape index (κ2) is 16.2. The van der Waals surface area contributed by atoms with Crippen molar-refractivity contribution in [3.8, 4) is 0 Å². The molecule has 0 unspecified atom stereocenters. The molecule has 2 aromatic rings. The Bertz CT molecular complexity index is 1640. The molecule has 20 heteroatoms. The summed E-state index contributed by atoms with van der Waals surface area (Å²) in [4.78, 5) is 28.3. The Morgan fingerprint density at radius 1 is 0.339 bits per heavy atom. The molecule has 0 spiro atoms. The third kappa shape index (κ3) is 10.4. The van der Waals surface area contributed by atoms with Crippen molar-refractivity contribution < 1.29 is 20.8 Å². The molecule has 4 radical (unpaired) electrons. The Morgan fingerprint density at radius 3 is 0.661 bits per heavy atom. The van der Waals surface area contributed by atoms with Crippen molar-refractivity contribution >= 4 is 35.7 Å². The van der Waals surface area contributed by atoms with E-state index in [1.807, 2.05) is 111 Å². The lowest BCUT2D eigenvalue weighted by molar-refractivity contribution is -0.288. The predicted octanol–water partition coefficient (Wildman–Crippen LogP) is 7.59. The zero-order valence-corrected chi connectivity index (χ0v) is 40.0. The molecule has 4 fully saturated rings. The molecule has 0 saturated carbocycles. The second-order valence-corrected chi connectivity index (χ2v) is 23.4. The third-order valence-corrected chi connectivity index (χ3v) is 13.2. The second-order valence-electron chi connectivity index (χ2n) is 23.4. The van der Waals surface area contributed by atoms with Crippen LogP contribution in [-0.4, -0.2) is 119 Å². The Balaban J connectivity index is 1.35. The molecular weight excluding hydrogens is 793 g/mol. The first-order chi connectivity index (χ1) is 28.2. The highest BCUT2D eigenvalue weighted by atomic mass is 16.5. The molecule has 62 heavy (non-hydrogen) atoms. The number of nitrogens with zero attached hydrogens (tertiary/aromatic N) is 12. The minimum atomic E-state index is -0.634. The molecule has 4 aliphatic rings. The van der Waals surface area contributed by atoms with Gasteiger partial charge in [-0.15, -0.1) is 51.3 Å². The highest BCUT2D eigenvalue weighted by molar-refractivity contribution is 5.44.